The van der Waals surface area contributed by atoms with Crippen molar-refractivity contribution in [3.63, 3.8) is 0 Å². The van der Waals surface area contributed by atoms with Crippen molar-refractivity contribution in [2.45, 2.75) is 32.1 Å². The summed E-state index contributed by atoms with van der Waals surface area (Å²) in [6, 6.07) is 3.96. The van der Waals surface area contributed by atoms with E-state index in [4.69, 9.17) is 0 Å². The van der Waals surface area contributed by atoms with Crippen LogP contribution in [0.3, 0.4) is 0 Å². The number of aryl methyl sites for hydroxylation is 1. The highest BCUT2D eigenvalue weighted by Crippen LogP contribution is 2.36. The molecule has 0 bridgehead atoms. The van der Waals surface area contributed by atoms with Crippen molar-refractivity contribution >= 4 is 28.6 Å². The molecule has 1 saturated heterocycles. The summed E-state index contributed by atoms with van der Waals surface area (Å²) in [6.07, 6.45) is 3.87. The Morgan fingerprint density at radius 3 is 2.65 bits per heavy atom. The zero-order valence-electron chi connectivity index (χ0n) is 11.8. The molecule has 2 aromatic rings. The summed E-state index contributed by atoms with van der Waals surface area (Å²) in [5, 5.41) is 3.24. The minimum absolute atomic E-state index is 0.135. The summed E-state index contributed by atoms with van der Waals surface area (Å²) in [5.74, 6) is 0.185. The second kappa shape index (κ2) is 5.30. The lowest BCUT2D eigenvalue weighted by Gasteiger charge is -2.38. The number of hydrogen-bond acceptors (Lipinski definition) is 4. The molecule has 0 spiro atoms. The summed E-state index contributed by atoms with van der Waals surface area (Å²) >= 11 is 3.31. The Kier molecular flexibility index (Phi) is 3.65. The fourth-order valence-corrected chi connectivity index (χ4v) is 4.34. The molecule has 1 amide bonds. The first-order valence-corrected chi connectivity index (χ1v) is 8.54. The Bertz CT molecular complexity index is 595. The number of amides is 1. The molecule has 3 nitrogen and oxygen atoms in total. The van der Waals surface area contributed by atoms with Crippen LogP contribution >= 0.6 is 22.7 Å². The third-order valence-electron chi connectivity index (χ3n) is 4.05. The molecule has 1 aliphatic heterocycles. The van der Waals surface area contributed by atoms with Gasteiger partial charge in [-0.05, 0) is 31.9 Å². The van der Waals surface area contributed by atoms with Crippen molar-refractivity contribution in [1.82, 2.24) is 9.88 Å². The van der Waals surface area contributed by atoms with Crippen LogP contribution in [0.5, 0.6) is 0 Å². The molecular weight excluding hydrogens is 288 g/mol. The molecule has 0 N–H and O–H groups in total. The van der Waals surface area contributed by atoms with Gasteiger partial charge >= 0.3 is 0 Å². The number of hydrogen-bond donors (Lipinski definition) is 0. The standard InChI is InChI=1S/C15H18N2OS2/c1-11-3-4-12(20-11)13(18)17-8-5-15(2,6-9-17)14-16-7-10-19-14/h3-4,7,10H,5-6,8-9H2,1-2H3. The van der Waals surface area contributed by atoms with Gasteiger partial charge in [0.2, 0.25) is 0 Å². The highest BCUT2D eigenvalue weighted by Gasteiger charge is 2.35. The number of rotatable bonds is 2. The molecule has 106 valence electrons. The first-order valence-electron chi connectivity index (χ1n) is 6.84. The fourth-order valence-electron chi connectivity index (χ4n) is 2.64. The van der Waals surface area contributed by atoms with Gasteiger partial charge in [-0.3, -0.25) is 4.79 Å². The predicted octanol–water partition coefficient (Wildman–Crippen LogP) is 3.71. The first-order chi connectivity index (χ1) is 9.58. The molecular formula is C15H18N2OS2. The van der Waals surface area contributed by atoms with Crippen molar-refractivity contribution in [1.29, 1.82) is 0 Å². The number of carbonyl (C=O) groups is 1. The van der Waals surface area contributed by atoms with E-state index in [1.54, 1.807) is 22.7 Å². The van der Waals surface area contributed by atoms with Crippen molar-refractivity contribution in [2.24, 2.45) is 0 Å². The number of carbonyl (C=O) groups excluding carboxylic acids is 1. The van der Waals surface area contributed by atoms with E-state index in [1.807, 2.05) is 35.5 Å². The number of thiophene rings is 1. The van der Waals surface area contributed by atoms with Crippen molar-refractivity contribution < 1.29 is 4.79 Å². The average Bonchev–Trinajstić information content (AvgIpc) is 3.10. The molecule has 20 heavy (non-hydrogen) atoms. The van der Waals surface area contributed by atoms with E-state index in [0.717, 1.165) is 30.8 Å². The Hall–Kier alpha value is -1.20. The Morgan fingerprint density at radius 2 is 2.10 bits per heavy atom. The zero-order chi connectivity index (χ0) is 14.2. The molecule has 5 heteroatoms. The van der Waals surface area contributed by atoms with Crippen molar-refractivity contribution in [3.05, 3.63) is 38.5 Å². The maximum atomic E-state index is 12.4. The van der Waals surface area contributed by atoms with Gasteiger partial charge < -0.3 is 4.90 Å². The second-order valence-corrected chi connectivity index (χ2v) is 7.78. The number of piperidine rings is 1. The van der Waals surface area contributed by atoms with E-state index >= 15 is 0 Å². The lowest BCUT2D eigenvalue weighted by Crippen LogP contribution is -2.43. The monoisotopic (exact) mass is 306 g/mol. The van der Waals surface area contributed by atoms with Gasteiger partial charge in [0.15, 0.2) is 0 Å². The summed E-state index contributed by atoms with van der Waals surface area (Å²) in [5.41, 5.74) is 0.135. The van der Waals surface area contributed by atoms with Crippen molar-refractivity contribution in [2.75, 3.05) is 13.1 Å². The minimum Gasteiger partial charge on any atom is -0.338 e. The maximum absolute atomic E-state index is 12.4. The van der Waals surface area contributed by atoms with Gasteiger partial charge in [0.05, 0.1) is 9.88 Å². The van der Waals surface area contributed by atoms with E-state index in [0.29, 0.717) is 0 Å². The maximum Gasteiger partial charge on any atom is 0.263 e. The Balaban J connectivity index is 1.68. The predicted molar refractivity (Wildman–Crippen MR) is 83.7 cm³/mol. The highest BCUT2D eigenvalue weighted by molar-refractivity contribution is 7.13. The number of thiazole rings is 1. The van der Waals surface area contributed by atoms with Crippen LogP contribution in [0.2, 0.25) is 0 Å². The summed E-state index contributed by atoms with van der Waals surface area (Å²) < 4.78 is 0. The van der Waals surface area contributed by atoms with Gasteiger partial charge in [0, 0.05) is 35.0 Å². The van der Waals surface area contributed by atoms with Crippen LogP contribution in [0.25, 0.3) is 0 Å². The largest absolute Gasteiger partial charge is 0.338 e. The van der Waals surface area contributed by atoms with E-state index in [1.165, 1.54) is 9.88 Å². The fraction of sp³-hybridized carbons (Fsp3) is 0.467. The van der Waals surface area contributed by atoms with E-state index < -0.39 is 0 Å². The quantitative estimate of drug-likeness (QED) is 0.847. The van der Waals surface area contributed by atoms with Gasteiger partial charge in [-0.2, -0.15) is 0 Å². The minimum atomic E-state index is 0.135. The number of likely N-dealkylation sites (tertiary alicyclic amines) is 1. The molecule has 3 rings (SSSR count). The van der Waals surface area contributed by atoms with Crippen LogP contribution in [-0.2, 0) is 5.41 Å². The summed E-state index contributed by atoms with van der Waals surface area (Å²) in [4.78, 5) is 20.9. The smallest absolute Gasteiger partial charge is 0.263 e. The molecule has 0 atom stereocenters. The van der Waals surface area contributed by atoms with Crippen LogP contribution in [-0.4, -0.2) is 28.9 Å². The van der Waals surface area contributed by atoms with Gasteiger partial charge in [0.25, 0.3) is 5.91 Å². The molecule has 0 aromatic carbocycles. The van der Waals surface area contributed by atoms with Crippen LogP contribution in [0, 0.1) is 6.92 Å². The Morgan fingerprint density at radius 1 is 1.35 bits per heavy atom. The second-order valence-electron chi connectivity index (χ2n) is 5.60. The van der Waals surface area contributed by atoms with Crippen LogP contribution in [0.1, 0.15) is 39.3 Å². The van der Waals surface area contributed by atoms with Gasteiger partial charge in [-0.1, -0.05) is 6.92 Å². The molecule has 1 aliphatic rings. The molecule has 0 unspecified atom stereocenters. The van der Waals surface area contributed by atoms with Crippen LogP contribution in [0.4, 0.5) is 0 Å². The lowest BCUT2D eigenvalue weighted by molar-refractivity contribution is 0.0681. The van der Waals surface area contributed by atoms with Gasteiger partial charge in [-0.25, -0.2) is 4.98 Å². The summed E-state index contributed by atoms with van der Waals surface area (Å²) in [7, 11) is 0. The average molecular weight is 306 g/mol. The molecule has 0 radical (unpaired) electrons. The normalized spacial score (nSPS) is 18.2. The molecule has 1 fully saturated rings. The SMILES string of the molecule is Cc1ccc(C(=O)N2CCC(C)(c3nccs3)CC2)s1. The van der Waals surface area contributed by atoms with Crippen LogP contribution < -0.4 is 0 Å². The van der Waals surface area contributed by atoms with Gasteiger partial charge in [-0.15, -0.1) is 22.7 Å². The number of aromatic nitrogens is 1. The van der Waals surface area contributed by atoms with E-state index in [2.05, 4.69) is 11.9 Å². The molecule has 0 aliphatic carbocycles. The Labute approximate surface area is 127 Å². The lowest BCUT2D eigenvalue weighted by atomic mass is 9.81. The topological polar surface area (TPSA) is 33.2 Å². The molecule has 2 aromatic heterocycles. The number of nitrogens with zero attached hydrogens (tertiary/aromatic N) is 2. The van der Waals surface area contributed by atoms with E-state index in [-0.39, 0.29) is 11.3 Å². The van der Waals surface area contributed by atoms with Crippen molar-refractivity contribution in [3.8, 4) is 0 Å². The highest BCUT2D eigenvalue weighted by atomic mass is 32.1. The molecule has 0 saturated carbocycles. The first kappa shape index (κ1) is 13.8. The third-order valence-corrected chi connectivity index (χ3v) is 6.12. The summed E-state index contributed by atoms with van der Waals surface area (Å²) in [6.45, 7) is 5.96. The molecule has 3 heterocycles. The van der Waals surface area contributed by atoms with E-state index in [9.17, 15) is 4.79 Å². The third kappa shape index (κ3) is 2.52. The zero-order valence-corrected chi connectivity index (χ0v) is 13.4. The van der Waals surface area contributed by atoms with Crippen LogP contribution in [0.15, 0.2) is 23.7 Å². The van der Waals surface area contributed by atoms with Gasteiger partial charge in [0.1, 0.15) is 0 Å².